The number of hydrogen-bond acceptors (Lipinski definition) is 1. The highest BCUT2D eigenvalue weighted by molar-refractivity contribution is 5.88. The van der Waals surface area contributed by atoms with Crippen molar-refractivity contribution >= 4 is 5.97 Å². The van der Waals surface area contributed by atoms with E-state index in [-0.39, 0.29) is 5.69 Å². The molecule has 0 bridgehead atoms. The van der Waals surface area contributed by atoms with Gasteiger partial charge in [-0.1, -0.05) is 66.2 Å². The minimum atomic E-state index is -0.932. The average Bonchev–Trinajstić information content (AvgIpc) is 2.79. The maximum atomic E-state index is 12.4. The van der Waals surface area contributed by atoms with Gasteiger partial charge < -0.3 is 5.11 Å². The Morgan fingerprint density at radius 1 is 0.833 bits per heavy atom. The molecular weight excluding hydrogens is 370 g/mol. The molecule has 1 heterocycles. The Hall–Kier alpha value is -3.72. The number of rotatable bonds is 3. The molecule has 146 valence electrons. The van der Waals surface area contributed by atoms with Gasteiger partial charge in [-0.05, 0) is 42.5 Å². The van der Waals surface area contributed by atoms with Gasteiger partial charge in [-0.3, -0.25) is 0 Å². The molecule has 0 spiro atoms. The summed E-state index contributed by atoms with van der Waals surface area (Å²) in [6.45, 7) is 2.04. The predicted octanol–water partition coefficient (Wildman–Crippen LogP) is 5.40. The Balaban J connectivity index is 1.92. The third kappa shape index (κ3) is 3.00. The summed E-state index contributed by atoms with van der Waals surface area (Å²) in [7, 11) is 0. The van der Waals surface area contributed by atoms with Crippen LogP contribution in [-0.4, -0.2) is 11.1 Å². The lowest BCUT2D eigenvalue weighted by Crippen LogP contribution is -2.42. The van der Waals surface area contributed by atoms with Crippen LogP contribution in [0.25, 0.3) is 28.1 Å². The van der Waals surface area contributed by atoms with Gasteiger partial charge in [0.1, 0.15) is 0 Å². The summed E-state index contributed by atoms with van der Waals surface area (Å²) in [5.74, 6) is -0.932. The van der Waals surface area contributed by atoms with E-state index in [0.29, 0.717) is 0 Å². The summed E-state index contributed by atoms with van der Waals surface area (Å²) >= 11 is 0. The Morgan fingerprint density at radius 2 is 1.53 bits per heavy atom. The second-order valence-corrected chi connectivity index (χ2v) is 7.77. The molecule has 0 saturated carbocycles. The number of carboxylic acids is 1. The molecule has 0 atom stereocenters. The van der Waals surface area contributed by atoms with Gasteiger partial charge in [0.2, 0.25) is 11.4 Å². The number of aromatic nitrogens is 1. The largest absolute Gasteiger partial charge is 0.473 e. The summed E-state index contributed by atoms with van der Waals surface area (Å²) < 4.78 is 1.92. The molecule has 1 N–H and O–H groups in total. The Bertz CT molecular complexity index is 1260. The Morgan fingerprint density at radius 3 is 2.27 bits per heavy atom. The zero-order chi connectivity index (χ0) is 20.7. The molecule has 1 aliphatic carbocycles. The van der Waals surface area contributed by atoms with Crippen LogP contribution in [0.3, 0.4) is 0 Å². The van der Waals surface area contributed by atoms with Crippen LogP contribution in [0.4, 0.5) is 0 Å². The van der Waals surface area contributed by atoms with Crippen molar-refractivity contribution < 1.29 is 14.5 Å². The van der Waals surface area contributed by atoms with Crippen LogP contribution in [0.1, 0.15) is 27.2 Å². The predicted molar refractivity (Wildman–Crippen MR) is 118 cm³/mol. The van der Waals surface area contributed by atoms with E-state index in [0.717, 1.165) is 46.5 Å². The van der Waals surface area contributed by atoms with Gasteiger partial charge >= 0.3 is 5.97 Å². The number of nitrogens with zero attached hydrogens (tertiary/aromatic N) is 1. The van der Waals surface area contributed by atoms with E-state index in [2.05, 4.69) is 30.3 Å². The molecular formula is C27H22NO2+. The second-order valence-electron chi connectivity index (χ2n) is 7.77. The molecule has 3 heteroatoms. The van der Waals surface area contributed by atoms with Crippen molar-refractivity contribution in [1.82, 2.24) is 0 Å². The van der Waals surface area contributed by atoms with Crippen LogP contribution in [-0.2, 0) is 12.8 Å². The monoisotopic (exact) mass is 392 g/mol. The van der Waals surface area contributed by atoms with Gasteiger partial charge in [0, 0.05) is 23.8 Å². The summed E-state index contributed by atoms with van der Waals surface area (Å²) in [5.41, 5.74) is 8.88. The second kappa shape index (κ2) is 7.27. The quantitative estimate of drug-likeness (QED) is 0.474. The molecule has 0 amide bonds. The third-order valence-electron chi connectivity index (χ3n) is 5.87. The van der Waals surface area contributed by atoms with Crippen molar-refractivity contribution in [1.29, 1.82) is 0 Å². The molecule has 1 aliphatic rings. The highest BCUT2D eigenvalue weighted by Gasteiger charge is 2.34. The SMILES string of the molecule is Cc1ccc(-[n+]2c(C(=O)O)cc(-c3ccccc3)c3c2-c2ccccc2CC3)cc1. The molecule has 0 unspecified atom stereocenters. The fourth-order valence-electron chi connectivity index (χ4n) is 4.43. The maximum absolute atomic E-state index is 12.4. The average molecular weight is 392 g/mol. The Kier molecular flexibility index (Phi) is 4.44. The summed E-state index contributed by atoms with van der Waals surface area (Å²) in [6.07, 6.45) is 1.83. The van der Waals surface area contributed by atoms with Crippen molar-refractivity contribution in [3.05, 3.63) is 107 Å². The molecule has 0 fully saturated rings. The van der Waals surface area contributed by atoms with Gasteiger partial charge in [0.15, 0.2) is 0 Å². The first-order valence-corrected chi connectivity index (χ1v) is 10.2. The van der Waals surface area contributed by atoms with Crippen LogP contribution in [0.5, 0.6) is 0 Å². The molecule has 30 heavy (non-hydrogen) atoms. The van der Waals surface area contributed by atoms with Crippen molar-refractivity contribution in [2.75, 3.05) is 0 Å². The number of aryl methyl sites for hydroxylation is 2. The van der Waals surface area contributed by atoms with E-state index in [4.69, 9.17) is 0 Å². The van der Waals surface area contributed by atoms with E-state index in [1.54, 1.807) is 0 Å². The zero-order valence-electron chi connectivity index (χ0n) is 16.8. The highest BCUT2D eigenvalue weighted by atomic mass is 16.4. The van der Waals surface area contributed by atoms with Crippen molar-refractivity contribution in [2.24, 2.45) is 0 Å². The molecule has 3 nitrogen and oxygen atoms in total. The lowest BCUT2D eigenvalue weighted by molar-refractivity contribution is -0.587. The summed E-state index contributed by atoms with van der Waals surface area (Å²) in [6, 6.07) is 28.3. The van der Waals surface area contributed by atoms with Crippen LogP contribution >= 0.6 is 0 Å². The van der Waals surface area contributed by atoms with Crippen molar-refractivity contribution in [2.45, 2.75) is 19.8 Å². The van der Waals surface area contributed by atoms with E-state index >= 15 is 0 Å². The van der Waals surface area contributed by atoms with Crippen LogP contribution in [0.2, 0.25) is 0 Å². The van der Waals surface area contributed by atoms with Gasteiger partial charge in [-0.25, -0.2) is 4.79 Å². The number of carbonyl (C=O) groups is 1. The fourth-order valence-corrected chi connectivity index (χ4v) is 4.43. The molecule has 0 aliphatic heterocycles. The van der Waals surface area contributed by atoms with Crippen molar-refractivity contribution in [3.8, 4) is 28.1 Å². The van der Waals surface area contributed by atoms with Gasteiger partial charge in [0.05, 0.1) is 5.56 Å². The third-order valence-corrected chi connectivity index (χ3v) is 5.87. The van der Waals surface area contributed by atoms with Gasteiger partial charge in [-0.2, -0.15) is 0 Å². The molecule has 3 aromatic carbocycles. The number of carboxylic acid groups (broad SMARTS) is 1. The topological polar surface area (TPSA) is 41.2 Å². The number of pyridine rings is 1. The minimum Gasteiger partial charge on any atom is -0.473 e. The fraction of sp³-hybridized carbons (Fsp3) is 0.111. The van der Waals surface area contributed by atoms with E-state index in [1.807, 2.05) is 66.1 Å². The van der Waals surface area contributed by atoms with Crippen LogP contribution in [0, 0.1) is 6.92 Å². The Labute approximate surface area is 175 Å². The lowest BCUT2D eigenvalue weighted by Gasteiger charge is -2.22. The van der Waals surface area contributed by atoms with E-state index < -0.39 is 5.97 Å². The number of fused-ring (bicyclic) bond motifs is 3. The molecule has 1 aromatic heterocycles. The van der Waals surface area contributed by atoms with E-state index in [9.17, 15) is 9.90 Å². The maximum Gasteiger partial charge on any atom is 0.401 e. The molecule has 0 radical (unpaired) electrons. The normalized spacial score (nSPS) is 12.2. The molecule has 4 aromatic rings. The summed E-state index contributed by atoms with van der Waals surface area (Å²) in [4.78, 5) is 12.4. The van der Waals surface area contributed by atoms with Gasteiger partial charge in [-0.15, -0.1) is 4.57 Å². The number of hydrogen-bond donors (Lipinski definition) is 1. The zero-order valence-corrected chi connectivity index (χ0v) is 16.8. The highest BCUT2D eigenvalue weighted by Crippen LogP contribution is 2.38. The molecule has 5 rings (SSSR count). The minimum absolute atomic E-state index is 0.271. The van der Waals surface area contributed by atoms with Crippen LogP contribution in [0.15, 0.2) is 84.9 Å². The molecule has 0 saturated heterocycles. The number of benzene rings is 3. The standard InChI is InChI=1S/C27H21NO2/c1-18-11-14-21(15-12-18)28-25(27(29)30)17-24(19-7-3-2-4-8-19)23-16-13-20-9-5-6-10-22(20)26(23)28/h2-12,14-15,17H,13,16H2,1H3/p+1. The lowest BCUT2D eigenvalue weighted by atomic mass is 9.84. The summed E-state index contributed by atoms with van der Waals surface area (Å²) in [5, 5.41) is 10.2. The van der Waals surface area contributed by atoms with Crippen LogP contribution < -0.4 is 4.57 Å². The van der Waals surface area contributed by atoms with Gasteiger partial charge in [0.25, 0.3) is 5.69 Å². The first-order valence-electron chi connectivity index (χ1n) is 10.2. The van der Waals surface area contributed by atoms with E-state index in [1.165, 1.54) is 11.1 Å². The smallest absolute Gasteiger partial charge is 0.401 e. The first kappa shape index (κ1) is 18.3. The van der Waals surface area contributed by atoms with Crippen molar-refractivity contribution in [3.63, 3.8) is 0 Å². The number of aromatic carboxylic acids is 1. The first-order chi connectivity index (χ1) is 14.6.